The second kappa shape index (κ2) is 5.35. The van der Waals surface area contributed by atoms with E-state index < -0.39 is 0 Å². The van der Waals surface area contributed by atoms with Crippen LogP contribution < -0.4 is 5.73 Å². The number of hydrogen-bond acceptors (Lipinski definition) is 2. The Morgan fingerprint density at radius 2 is 2.13 bits per heavy atom. The summed E-state index contributed by atoms with van der Waals surface area (Å²) in [6.07, 6.45) is 2.47. The Balaban J connectivity index is 2.56. The molecule has 0 amide bonds. The van der Waals surface area contributed by atoms with Crippen LogP contribution in [0.5, 0.6) is 0 Å². The number of likely N-dealkylation sites (N-methyl/N-ethyl adjacent to an activating group) is 1. The molecule has 1 unspecified atom stereocenters. The molecule has 1 atom stereocenters. The first-order valence-electron chi connectivity index (χ1n) is 5.75. The van der Waals surface area contributed by atoms with Gasteiger partial charge in [0.05, 0.1) is 0 Å². The van der Waals surface area contributed by atoms with Crippen molar-refractivity contribution in [3.05, 3.63) is 0 Å². The zero-order chi connectivity index (χ0) is 11.4. The average molecular weight is 212 g/mol. The normalized spacial score (nSPS) is 24.0. The molecule has 0 saturated carbocycles. The maximum atomic E-state index is 5.97. The predicted molar refractivity (Wildman–Crippen MR) is 65.0 cm³/mol. The topological polar surface area (TPSA) is 44.9 Å². The summed E-state index contributed by atoms with van der Waals surface area (Å²) in [5, 5.41) is 0. The van der Waals surface area contributed by atoms with Gasteiger partial charge in [-0.2, -0.15) is 0 Å². The van der Waals surface area contributed by atoms with E-state index in [9.17, 15) is 0 Å². The zero-order valence-corrected chi connectivity index (χ0v) is 10.4. The lowest BCUT2D eigenvalue weighted by atomic mass is 10.1. The van der Waals surface area contributed by atoms with Crippen molar-refractivity contribution in [2.24, 2.45) is 10.7 Å². The number of likely N-dealkylation sites (tertiary alicyclic amines) is 1. The summed E-state index contributed by atoms with van der Waals surface area (Å²) < 4.78 is 0. The van der Waals surface area contributed by atoms with E-state index in [1.807, 2.05) is 0 Å². The third-order valence-electron chi connectivity index (χ3n) is 2.84. The number of hydrogen-bond donors (Lipinski definition) is 1. The van der Waals surface area contributed by atoms with Crippen molar-refractivity contribution in [3.63, 3.8) is 0 Å². The van der Waals surface area contributed by atoms with Crippen molar-refractivity contribution in [1.82, 2.24) is 9.80 Å². The highest BCUT2D eigenvalue weighted by atomic mass is 15.3. The summed E-state index contributed by atoms with van der Waals surface area (Å²) in [7, 11) is 4.26. The van der Waals surface area contributed by atoms with Crippen LogP contribution in [0, 0.1) is 0 Å². The lowest BCUT2D eigenvalue weighted by molar-refractivity contribution is 0.182. The summed E-state index contributed by atoms with van der Waals surface area (Å²) in [6, 6.07) is 0.893. The Hall–Kier alpha value is -0.770. The van der Waals surface area contributed by atoms with Gasteiger partial charge in [0, 0.05) is 25.2 Å². The summed E-state index contributed by atoms with van der Waals surface area (Å²) in [5.41, 5.74) is 5.97. The Bertz CT molecular complexity index is 223. The Labute approximate surface area is 93.1 Å². The fourth-order valence-electron chi connectivity index (χ4n) is 1.93. The van der Waals surface area contributed by atoms with E-state index in [-0.39, 0.29) is 6.04 Å². The predicted octanol–water partition coefficient (Wildman–Crippen LogP) is 0.736. The number of aliphatic imine (C=N–C) groups is 1. The van der Waals surface area contributed by atoms with Gasteiger partial charge in [-0.1, -0.05) is 0 Å². The van der Waals surface area contributed by atoms with E-state index in [4.69, 9.17) is 5.73 Å². The first kappa shape index (κ1) is 12.3. The largest absolute Gasteiger partial charge is 0.370 e. The van der Waals surface area contributed by atoms with Crippen molar-refractivity contribution in [2.75, 3.05) is 27.2 Å². The fourth-order valence-corrected chi connectivity index (χ4v) is 1.93. The second-order valence-corrected chi connectivity index (χ2v) is 4.79. The average Bonchev–Trinajstić information content (AvgIpc) is 2.17. The molecule has 0 aromatic carbocycles. The Morgan fingerprint density at radius 1 is 1.47 bits per heavy atom. The minimum atomic E-state index is 0.282. The minimum absolute atomic E-state index is 0.282. The van der Waals surface area contributed by atoms with E-state index in [0.717, 1.165) is 13.1 Å². The van der Waals surface area contributed by atoms with Crippen LogP contribution in [-0.4, -0.2) is 55.0 Å². The lowest BCUT2D eigenvalue weighted by Gasteiger charge is -2.36. The number of nitrogens with two attached hydrogens (primary N) is 1. The van der Waals surface area contributed by atoms with E-state index in [0.29, 0.717) is 12.0 Å². The smallest absolute Gasteiger partial charge is 0.191 e. The summed E-state index contributed by atoms with van der Waals surface area (Å²) in [4.78, 5) is 8.87. The monoisotopic (exact) mass is 212 g/mol. The minimum Gasteiger partial charge on any atom is -0.370 e. The van der Waals surface area contributed by atoms with E-state index >= 15 is 0 Å². The van der Waals surface area contributed by atoms with Gasteiger partial charge in [-0.15, -0.1) is 0 Å². The van der Waals surface area contributed by atoms with Crippen LogP contribution in [0.15, 0.2) is 4.99 Å². The van der Waals surface area contributed by atoms with Crippen LogP contribution in [0.4, 0.5) is 0 Å². The molecule has 1 rings (SSSR count). The molecule has 0 aliphatic carbocycles. The molecule has 88 valence electrons. The number of rotatable bonds is 2. The number of nitrogens with zero attached hydrogens (tertiary/aromatic N) is 3. The van der Waals surface area contributed by atoms with Gasteiger partial charge in [0.1, 0.15) is 0 Å². The van der Waals surface area contributed by atoms with E-state index in [1.54, 1.807) is 0 Å². The first-order valence-corrected chi connectivity index (χ1v) is 5.75. The van der Waals surface area contributed by atoms with Gasteiger partial charge in [-0.25, -0.2) is 0 Å². The Morgan fingerprint density at radius 3 is 2.67 bits per heavy atom. The van der Waals surface area contributed by atoms with Crippen molar-refractivity contribution in [3.8, 4) is 0 Å². The van der Waals surface area contributed by atoms with Crippen LogP contribution in [0.25, 0.3) is 0 Å². The van der Waals surface area contributed by atoms with Gasteiger partial charge < -0.3 is 15.5 Å². The molecule has 1 aliphatic rings. The summed E-state index contributed by atoms with van der Waals surface area (Å²) in [6.45, 7) is 6.17. The van der Waals surface area contributed by atoms with Crippen molar-refractivity contribution in [2.45, 2.75) is 38.8 Å². The molecule has 0 aromatic heterocycles. The molecule has 0 radical (unpaired) electrons. The number of piperidine rings is 1. The molecule has 1 fully saturated rings. The first-order chi connectivity index (χ1) is 7.00. The molecule has 1 saturated heterocycles. The number of guanidine groups is 1. The SMILES string of the molecule is CC(C)N=C(N)N1CCCC(N(C)C)C1. The van der Waals surface area contributed by atoms with Crippen molar-refractivity contribution in [1.29, 1.82) is 0 Å². The maximum Gasteiger partial charge on any atom is 0.191 e. The molecule has 0 spiro atoms. The maximum absolute atomic E-state index is 5.97. The van der Waals surface area contributed by atoms with Crippen LogP contribution in [-0.2, 0) is 0 Å². The van der Waals surface area contributed by atoms with Gasteiger partial charge in [0.2, 0.25) is 0 Å². The van der Waals surface area contributed by atoms with Crippen molar-refractivity contribution >= 4 is 5.96 Å². The molecule has 0 aromatic rings. The molecular weight excluding hydrogens is 188 g/mol. The van der Waals surface area contributed by atoms with Gasteiger partial charge in [-0.05, 0) is 40.8 Å². The Kier molecular flexibility index (Phi) is 4.39. The van der Waals surface area contributed by atoms with Gasteiger partial charge >= 0.3 is 0 Å². The van der Waals surface area contributed by atoms with Crippen LogP contribution in [0.2, 0.25) is 0 Å². The van der Waals surface area contributed by atoms with E-state index in [2.05, 4.69) is 42.7 Å². The quantitative estimate of drug-likeness (QED) is 0.542. The van der Waals surface area contributed by atoms with E-state index in [1.165, 1.54) is 12.8 Å². The molecule has 1 aliphatic heterocycles. The third kappa shape index (κ3) is 3.70. The summed E-state index contributed by atoms with van der Waals surface area (Å²) >= 11 is 0. The highest BCUT2D eigenvalue weighted by Gasteiger charge is 2.22. The van der Waals surface area contributed by atoms with Gasteiger partial charge in [0.15, 0.2) is 5.96 Å². The molecule has 1 heterocycles. The summed E-state index contributed by atoms with van der Waals surface area (Å²) in [5.74, 6) is 0.705. The molecule has 15 heavy (non-hydrogen) atoms. The zero-order valence-electron chi connectivity index (χ0n) is 10.4. The van der Waals surface area contributed by atoms with Crippen LogP contribution in [0.1, 0.15) is 26.7 Å². The van der Waals surface area contributed by atoms with Gasteiger partial charge in [-0.3, -0.25) is 4.99 Å². The van der Waals surface area contributed by atoms with Gasteiger partial charge in [0.25, 0.3) is 0 Å². The molecule has 0 bridgehead atoms. The molecular formula is C11H24N4. The molecule has 4 heteroatoms. The highest BCUT2D eigenvalue weighted by molar-refractivity contribution is 5.78. The van der Waals surface area contributed by atoms with Crippen LogP contribution >= 0.6 is 0 Å². The van der Waals surface area contributed by atoms with Crippen molar-refractivity contribution < 1.29 is 0 Å². The third-order valence-corrected chi connectivity index (χ3v) is 2.84. The highest BCUT2D eigenvalue weighted by Crippen LogP contribution is 2.13. The molecule has 4 nitrogen and oxygen atoms in total. The fraction of sp³-hybridized carbons (Fsp3) is 0.909. The lowest BCUT2D eigenvalue weighted by Crippen LogP contribution is -2.50. The van der Waals surface area contributed by atoms with Crippen LogP contribution in [0.3, 0.4) is 0 Å². The second-order valence-electron chi connectivity index (χ2n) is 4.79. The standard InChI is InChI=1S/C11H24N4/c1-9(2)13-11(12)15-7-5-6-10(8-15)14(3)4/h9-10H,5-8H2,1-4H3,(H2,12,13). The molecule has 2 N–H and O–H groups in total.